The minimum Gasteiger partial charge on any atom is -0.464 e. The van der Waals surface area contributed by atoms with Gasteiger partial charge in [-0.2, -0.15) is 4.31 Å². The Morgan fingerprint density at radius 2 is 2.25 bits per heavy atom. The molecule has 9 heteroatoms. The molecule has 1 saturated heterocycles. The molecule has 1 aliphatic rings. The first-order chi connectivity index (χ1) is 9.50. The van der Waals surface area contributed by atoms with Crippen LogP contribution in [0.1, 0.15) is 23.3 Å². The summed E-state index contributed by atoms with van der Waals surface area (Å²) in [5.74, 6) is -0.745. The molecule has 0 spiro atoms. The van der Waals surface area contributed by atoms with E-state index >= 15 is 0 Å². The maximum absolute atomic E-state index is 12.6. The zero-order valence-electron chi connectivity index (χ0n) is 11.2. The fraction of sp³-hybridized carbons (Fsp3) is 0.636. The van der Waals surface area contributed by atoms with Crippen molar-refractivity contribution in [2.45, 2.75) is 23.2 Å². The van der Waals surface area contributed by atoms with Crippen LogP contribution in [0.5, 0.6) is 0 Å². The molecule has 20 heavy (non-hydrogen) atoms. The number of carbonyl (C=O) groups excluding carboxylic acids is 1. The first-order valence-electron chi connectivity index (χ1n) is 6.05. The van der Waals surface area contributed by atoms with Gasteiger partial charge in [0.15, 0.2) is 9.90 Å². The first kappa shape index (κ1) is 15.4. The lowest BCUT2D eigenvalue weighted by Crippen LogP contribution is -2.42. The monoisotopic (exact) mass is 320 g/mol. The second-order valence-electron chi connectivity index (χ2n) is 4.34. The van der Waals surface area contributed by atoms with Gasteiger partial charge in [0, 0.05) is 20.2 Å². The van der Waals surface area contributed by atoms with Crippen LogP contribution < -0.4 is 0 Å². The van der Waals surface area contributed by atoms with Crippen LogP contribution in [0.15, 0.2) is 9.72 Å². The summed E-state index contributed by atoms with van der Waals surface area (Å²) in [6.45, 7) is 0.706. The summed E-state index contributed by atoms with van der Waals surface area (Å²) in [6, 6.07) is 0. The Kier molecular flexibility index (Phi) is 4.74. The SMILES string of the molecule is COC(=O)c1ncsc1S(=O)(=O)N1CCCC(OC)C1. The van der Waals surface area contributed by atoms with Crippen LogP contribution in [0.3, 0.4) is 0 Å². The van der Waals surface area contributed by atoms with Crippen molar-refractivity contribution in [2.24, 2.45) is 0 Å². The number of ether oxygens (including phenoxy) is 2. The van der Waals surface area contributed by atoms with E-state index in [4.69, 9.17) is 4.74 Å². The van der Waals surface area contributed by atoms with Gasteiger partial charge in [0.1, 0.15) is 0 Å². The fourth-order valence-corrected chi connectivity index (χ4v) is 4.86. The van der Waals surface area contributed by atoms with E-state index in [1.165, 1.54) is 16.9 Å². The lowest BCUT2D eigenvalue weighted by atomic mass is 10.1. The summed E-state index contributed by atoms with van der Waals surface area (Å²) in [4.78, 5) is 15.4. The Morgan fingerprint density at radius 1 is 1.50 bits per heavy atom. The van der Waals surface area contributed by atoms with Crippen LogP contribution in [-0.4, -0.2) is 57.1 Å². The van der Waals surface area contributed by atoms with Crippen LogP contribution in [-0.2, 0) is 19.5 Å². The standard InChI is InChI=1S/C11H16N2O5S2/c1-17-8-4-3-5-13(6-8)20(15,16)11-9(10(14)18-2)12-7-19-11/h7-8H,3-6H2,1-2H3. The van der Waals surface area contributed by atoms with Gasteiger partial charge < -0.3 is 9.47 Å². The van der Waals surface area contributed by atoms with Crippen LogP contribution in [0.25, 0.3) is 0 Å². The second-order valence-corrected chi connectivity index (χ2v) is 7.33. The minimum atomic E-state index is -3.74. The maximum Gasteiger partial charge on any atom is 0.358 e. The highest BCUT2D eigenvalue weighted by atomic mass is 32.2. The molecule has 0 aromatic carbocycles. The minimum absolute atomic E-state index is 0.0684. The molecule has 0 saturated carbocycles. The van der Waals surface area contributed by atoms with Gasteiger partial charge in [0.05, 0.1) is 18.7 Å². The third kappa shape index (κ3) is 2.85. The number of piperidine rings is 1. The Hall–Kier alpha value is -1.03. The largest absolute Gasteiger partial charge is 0.464 e. The van der Waals surface area contributed by atoms with E-state index in [-0.39, 0.29) is 22.6 Å². The number of esters is 1. The molecule has 2 rings (SSSR count). The zero-order valence-corrected chi connectivity index (χ0v) is 12.9. The van der Waals surface area contributed by atoms with Gasteiger partial charge in [-0.1, -0.05) is 0 Å². The van der Waals surface area contributed by atoms with Crippen molar-refractivity contribution in [1.82, 2.24) is 9.29 Å². The summed E-state index contributed by atoms with van der Waals surface area (Å²) in [7, 11) is -0.982. The van der Waals surface area contributed by atoms with Gasteiger partial charge in [-0.05, 0) is 12.8 Å². The van der Waals surface area contributed by atoms with Crippen molar-refractivity contribution < 1.29 is 22.7 Å². The molecular formula is C11H16N2O5S2. The molecule has 0 bridgehead atoms. The number of nitrogens with zero attached hydrogens (tertiary/aromatic N) is 2. The normalized spacial score (nSPS) is 20.8. The molecule has 7 nitrogen and oxygen atoms in total. The molecular weight excluding hydrogens is 304 g/mol. The van der Waals surface area contributed by atoms with Gasteiger partial charge in [0.25, 0.3) is 10.0 Å². The molecule has 1 unspecified atom stereocenters. The van der Waals surface area contributed by atoms with Crippen molar-refractivity contribution in [3.05, 3.63) is 11.2 Å². The molecule has 112 valence electrons. The summed E-state index contributed by atoms with van der Waals surface area (Å²) in [5.41, 5.74) is 1.17. The van der Waals surface area contributed by atoms with Crippen molar-refractivity contribution in [2.75, 3.05) is 27.3 Å². The third-order valence-electron chi connectivity index (χ3n) is 3.16. The third-order valence-corrected chi connectivity index (χ3v) is 6.37. The highest BCUT2D eigenvalue weighted by molar-refractivity contribution is 7.91. The predicted octanol–water partition coefficient (Wildman–Crippen LogP) is 0.729. The Balaban J connectivity index is 2.31. The molecule has 1 fully saturated rings. The van der Waals surface area contributed by atoms with Crippen molar-refractivity contribution in [3.8, 4) is 0 Å². The summed E-state index contributed by atoms with van der Waals surface area (Å²) < 4.78 is 36.2. The smallest absolute Gasteiger partial charge is 0.358 e. The van der Waals surface area contributed by atoms with E-state index in [2.05, 4.69) is 9.72 Å². The Labute approximate surface area is 121 Å². The van der Waals surface area contributed by atoms with Crippen LogP contribution in [0, 0.1) is 0 Å². The first-order valence-corrected chi connectivity index (χ1v) is 8.37. The lowest BCUT2D eigenvalue weighted by molar-refractivity contribution is 0.0568. The average Bonchev–Trinajstić information content (AvgIpc) is 2.96. The molecule has 1 aliphatic heterocycles. The highest BCUT2D eigenvalue weighted by Crippen LogP contribution is 2.27. The van der Waals surface area contributed by atoms with E-state index < -0.39 is 16.0 Å². The number of hydrogen-bond donors (Lipinski definition) is 0. The number of methoxy groups -OCH3 is 2. The van der Waals surface area contributed by atoms with Gasteiger partial charge in [-0.25, -0.2) is 18.2 Å². The number of hydrogen-bond acceptors (Lipinski definition) is 7. The summed E-state index contributed by atoms with van der Waals surface area (Å²) in [5, 5.41) is 0. The summed E-state index contributed by atoms with van der Waals surface area (Å²) in [6.07, 6.45) is 1.44. The number of aromatic nitrogens is 1. The maximum atomic E-state index is 12.6. The molecule has 0 N–H and O–H groups in total. The van der Waals surface area contributed by atoms with Gasteiger partial charge in [-0.3, -0.25) is 0 Å². The van der Waals surface area contributed by atoms with Crippen molar-refractivity contribution in [1.29, 1.82) is 0 Å². The topological polar surface area (TPSA) is 85.8 Å². The molecule has 1 atom stereocenters. The molecule has 0 amide bonds. The van der Waals surface area contributed by atoms with Crippen molar-refractivity contribution in [3.63, 3.8) is 0 Å². The molecule has 0 radical (unpaired) electrons. The van der Waals surface area contributed by atoms with Gasteiger partial charge >= 0.3 is 5.97 Å². The fourth-order valence-electron chi connectivity index (χ4n) is 2.08. The van der Waals surface area contributed by atoms with E-state index in [1.807, 2.05) is 0 Å². The van der Waals surface area contributed by atoms with Crippen LogP contribution in [0.4, 0.5) is 0 Å². The average molecular weight is 320 g/mol. The van der Waals surface area contributed by atoms with E-state index in [9.17, 15) is 13.2 Å². The molecule has 1 aromatic rings. The zero-order chi connectivity index (χ0) is 14.8. The number of carbonyl (C=O) groups is 1. The van der Waals surface area contributed by atoms with E-state index in [0.717, 1.165) is 24.2 Å². The number of sulfonamides is 1. The Bertz CT molecular complexity index is 583. The van der Waals surface area contributed by atoms with Gasteiger partial charge in [0.2, 0.25) is 0 Å². The van der Waals surface area contributed by atoms with Crippen LogP contribution in [0.2, 0.25) is 0 Å². The lowest BCUT2D eigenvalue weighted by Gasteiger charge is -2.30. The molecule has 2 heterocycles. The van der Waals surface area contributed by atoms with E-state index in [0.29, 0.717) is 6.54 Å². The van der Waals surface area contributed by atoms with E-state index in [1.54, 1.807) is 7.11 Å². The molecule has 0 aliphatic carbocycles. The van der Waals surface area contributed by atoms with Crippen LogP contribution >= 0.6 is 11.3 Å². The Morgan fingerprint density at radius 3 is 2.90 bits per heavy atom. The predicted molar refractivity (Wildman–Crippen MR) is 72.2 cm³/mol. The summed E-state index contributed by atoms with van der Waals surface area (Å²) >= 11 is 0.920. The van der Waals surface area contributed by atoms with Crippen molar-refractivity contribution >= 4 is 27.3 Å². The molecule has 1 aromatic heterocycles. The van der Waals surface area contributed by atoms with Gasteiger partial charge in [-0.15, -0.1) is 11.3 Å². The number of thiazole rings is 1. The highest BCUT2D eigenvalue weighted by Gasteiger charge is 2.35. The second kappa shape index (κ2) is 6.17. The number of rotatable bonds is 4. The quantitative estimate of drug-likeness (QED) is 0.760.